The summed E-state index contributed by atoms with van der Waals surface area (Å²) in [6, 6.07) is 7.94. The van der Waals surface area contributed by atoms with Crippen LogP contribution in [0, 0.1) is 5.41 Å². The molecule has 0 saturated heterocycles. The molecule has 1 amide bonds. The highest BCUT2D eigenvalue weighted by atomic mass is 16.5. The lowest BCUT2D eigenvalue weighted by Crippen LogP contribution is -2.33. The molecule has 2 N–H and O–H groups in total. The van der Waals surface area contributed by atoms with Gasteiger partial charge in [-0.15, -0.1) is 0 Å². The van der Waals surface area contributed by atoms with Gasteiger partial charge in [0.05, 0.1) is 6.54 Å². The number of ether oxygens (including phenoxy) is 1. The minimum absolute atomic E-state index is 0.130. The zero-order valence-corrected chi connectivity index (χ0v) is 13.1. The third kappa shape index (κ3) is 4.46. The SMILES string of the molecule is CC(C)(CCN)CCC(=O)N1CCOc2ccccc2C1. The van der Waals surface area contributed by atoms with Crippen LogP contribution in [-0.4, -0.2) is 30.5 Å². The van der Waals surface area contributed by atoms with Crippen LogP contribution >= 0.6 is 0 Å². The summed E-state index contributed by atoms with van der Waals surface area (Å²) in [6.07, 6.45) is 2.41. The van der Waals surface area contributed by atoms with Gasteiger partial charge in [-0.05, 0) is 30.9 Å². The molecule has 0 fully saturated rings. The number of amides is 1. The second kappa shape index (κ2) is 6.94. The van der Waals surface area contributed by atoms with Crippen LogP contribution in [0.25, 0.3) is 0 Å². The molecule has 1 aliphatic rings. The van der Waals surface area contributed by atoms with Gasteiger partial charge < -0.3 is 15.4 Å². The highest BCUT2D eigenvalue weighted by molar-refractivity contribution is 5.76. The first-order chi connectivity index (χ1) is 10.0. The maximum atomic E-state index is 12.5. The summed E-state index contributed by atoms with van der Waals surface area (Å²) in [7, 11) is 0. The highest BCUT2D eigenvalue weighted by Crippen LogP contribution is 2.27. The van der Waals surface area contributed by atoms with Crippen molar-refractivity contribution in [2.45, 2.75) is 39.7 Å². The van der Waals surface area contributed by atoms with Crippen molar-refractivity contribution in [2.75, 3.05) is 19.7 Å². The minimum Gasteiger partial charge on any atom is -0.491 e. The molecule has 0 unspecified atom stereocenters. The molecule has 0 radical (unpaired) electrons. The maximum absolute atomic E-state index is 12.5. The molecule has 1 heterocycles. The molecule has 4 nitrogen and oxygen atoms in total. The first-order valence-corrected chi connectivity index (χ1v) is 7.70. The molecule has 2 rings (SSSR count). The van der Waals surface area contributed by atoms with E-state index in [9.17, 15) is 4.79 Å². The number of fused-ring (bicyclic) bond motifs is 1. The molecular formula is C17H26N2O2. The van der Waals surface area contributed by atoms with E-state index < -0.39 is 0 Å². The van der Waals surface area contributed by atoms with Crippen LogP contribution in [0.3, 0.4) is 0 Å². The number of para-hydroxylation sites is 1. The van der Waals surface area contributed by atoms with E-state index in [4.69, 9.17) is 10.5 Å². The molecule has 0 bridgehead atoms. The van der Waals surface area contributed by atoms with E-state index in [0.717, 1.165) is 24.2 Å². The van der Waals surface area contributed by atoms with Gasteiger partial charge in [0.25, 0.3) is 0 Å². The Labute approximate surface area is 127 Å². The number of hydrogen-bond acceptors (Lipinski definition) is 3. The van der Waals surface area contributed by atoms with Gasteiger partial charge in [-0.3, -0.25) is 4.79 Å². The van der Waals surface area contributed by atoms with E-state index in [-0.39, 0.29) is 11.3 Å². The minimum atomic E-state index is 0.130. The van der Waals surface area contributed by atoms with Crippen molar-refractivity contribution in [3.8, 4) is 5.75 Å². The molecule has 0 aliphatic carbocycles. The Morgan fingerprint density at radius 3 is 2.86 bits per heavy atom. The van der Waals surface area contributed by atoms with E-state index in [1.807, 2.05) is 29.2 Å². The molecule has 0 spiro atoms. The summed E-state index contributed by atoms with van der Waals surface area (Å²) >= 11 is 0. The zero-order valence-electron chi connectivity index (χ0n) is 13.1. The van der Waals surface area contributed by atoms with Crippen molar-refractivity contribution >= 4 is 5.91 Å². The molecule has 0 aromatic heterocycles. The van der Waals surface area contributed by atoms with Crippen LogP contribution in [0.5, 0.6) is 5.75 Å². The van der Waals surface area contributed by atoms with Crippen molar-refractivity contribution < 1.29 is 9.53 Å². The molecule has 21 heavy (non-hydrogen) atoms. The Morgan fingerprint density at radius 1 is 1.33 bits per heavy atom. The Morgan fingerprint density at radius 2 is 2.10 bits per heavy atom. The lowest BCUT2D eigenvalue weighted by atomic mass is 9.84. The summed E-state index contributed by atoms with van der Waals surface area (Å²) < 4.78 is 5.70. The standard InChI is InChI=1S/C17H26N2O2/c1-17(2,9-10-18)8-7-16(20)19-11-12-21-15-6-4-3-5-14(15)13-19/h3-6H,7-13,18H2,1-2H3. The summed E-state index contributed by atoms with van der Waals surface area (Å²) in [5, 5.41) is 0. The third-order valence-electron chi connectivity index (χ3n) is 4.14. The van der Waals surface area contributed by atoms with Crippen molar-refractivity contribution in [3.05, 3.63) is 29.8 Å². The van der Waals surface area contributed by atoms with Crippen LogP contribution in [-0.2, 0) is 11.3 Å². The lowest BCUT2D eigenvalue weighted by molar-refractivity contribution is -0.132. The molecule has 1 aromatic carbocycles. The van der Waals surface area contributed by atoms with Crippen molar-refractivity contribution in [3.63, 3.8) is 0 Å². The fourth-order valence-electron chi connectivity index (χ4n) is 2.66. The van der Waals surface area contributed by atoms with Gasteiger partial charge in [-0.2, -0.15) is 0 Å². The van der Waals surface area contributed by atoms with Gasteiger partial charge >= 0.3 is 0 Å². The second-order valence-electron chi connectivity index (χ2n) is 6.47. The molecule has 116 valence electrons. The van der Waals surface area contributed by atoms with Gasteiger partial charge in [0.2, 0.25) is 5.91 Å². The Balaban J connectivity index is 1.94. The van der Waals surface area contributed by atoms with E-state index in [1.165, 1.54) is 0 Å². The van der Waals surface area contributed by atoms with Gasteiger partial charge in [-0.1, -0.05) is 32.0 Å². The maximum Gasteiger partial charge on any atom is 0.223 e. The first-order valence-electron chi connectivity index (χ1n) is 7.70. The fourth-order valence-corrected chi connectivity index (χ4v) is 2.66. The van der Waals surface area contributed by atoms with Crippen LogP contribution in [0.15, 0.2) is 24.3 Å². The topological polar surface area (TPSA) is 55.6 Å². The molecule has 0 saturated carbocycles. The lowest BCUT2D eigenvalue weighted by Gasteiger charge is -2.26. The van der Waals surface area contributed by atoms with Crippen LogP contribution < -0.4 is 10.5 Å². The summed E-state index contributed by atoms with van der Waals surface area (Å²) in [5.74, 6) is 1.11. The smallest absolute Gasteiger partial charge is 0.223 e. The van der Waals surface area contributed by atoms with Crippen molar-refractivity contribution in [1.29, 1.82) is 0 Å². The number of nitrogens with two attached hydrogens (primary N) is 1. The van der Waals surface area contributed by atoms with Crippen molar-refractivity contribution in [1.82, 2.24) is 4.90 Å². The summed E-state index contributed by atoms with van der Waals surface area (Å²) in [6.45, 7) is 6.89. The van der Waals surface area contributed by atoms with E-state index in [2.05, 4.69) is 13.8 Å². The largest absolute Gasteiger partial charge is 0.491 e. The van der Waals surface area contributed by atoms with E-state index >= 15 is 0 Å². The van der Waals surface area contributed by atoms with E-state index in [0.29, 0.717) is 32.7 Å². The van der Waals surface area contributed by atoms with Gasteiger partial charge in [0, 0.05) is 18.5 Å². The molecular weight excluding hydrogens is 264 g/mol. The van der Waals surface area contributed by atoms with Gasteiger partial charge in [-0.25, -0.2) is 0 Å². The quantitative estimate of drug-likeness (QED) is 0.906. The fraction of sp³-hybridized carbons (Fsp3) is 0.588. The number of rotatable bonds is 5. The van der Waals surface area contributed by atoms with Crippen LogP contribution in [0.2, 0.25) is 0 Å². The second-order valence-corrected chi connectivity index (χ2v) is 6.47. The van der Waals surface area contributed by atoms with Gasteiger partial charge in [0.1, 0.15) is 12.4 Å². The molecule has 1 aliphatic heterocycles. The predicted octanol–water partition coefficient (Wildman–Crippen LogP) is 2.56. The van der Waals surface area contributed by atoms with E-state index in [1.54, 1.807) is 0 Å². The van der Waals surface area contributed by atoms with Crippen LogP contribution in [0.4, 0.5) is 0 Å². The number of carbonyl (C=O) groups is 1. The molecule has 1 aromatic rings. The zero-order chi connectivity index (χ0) is 15.3. The Kier molecular flexibility index (Phi) is 5.23. The average Bonchev–Trinajstić information content (AvgIpc) is 2.67. The normalized spacial score (nSPS) is 15.1. The Bertz CT molecular complexity index is 485. The summed E-state index contributed by atoms with van der Waals surface area (Å²) in [5.41, 5.74) is 6.84. The number of hydrogen-bond donors (Lipinski definition) is 1. The average molecular weight is 290 g/mol. The third-order valence-corrected chi connectivity index (χ3v) is 4.14. The number of carbonyl (C=O) groups excluding carboxylic acids is 1. The Hall–Kier alpha value is -1.55. The number of nitrogens with zero attached hydrogens (tertiary/aromatic N) is 1. The predicted molar refractivity (Wildman–Crippen MR) is 84.0 cm³/mol. The summed E-state index contributed by atoms with van der Waals surface area (Å²) in [4.78, 5) is 14.4. The van der Waals surface area contributed by atoms with Crippen molar-refractivity contribution in [2.24, 2.45) is 11.1 Å². The molecule has 0 atom stereocenters. The monoisotopic (exact) mass is 290 g/mol. The van der Waals surface area contributed by atoms with Gasteiger partial charge in [0.15, 0.2) is 0 Å². The highest BCUT2D eigenvalue weighted by Gasteiger charge is 2.23. The number of benzene rings is 1. The molecule has 4 heteroatoms. The first kappa shape index (κ1) is 15.8. The van der Waals surface area contributed by atoms with Crippen LogP contribution in [0.1, 0.15) is 38.7 Å².